The summed E-state index contributed by atoms with van der Waals surface area (Å²) < 4.78 is 10.4. The molecule has 0 saturated carbocycles. The number of carbonyl (C=O) groups is 2. The predicted octanol–water partition coefficient (Wildman–Crippen LogP) is 4.41. The van der Waals surface area contributed by atoms with E-state index in [2.05, 4.69) is 34.3 Å². The van der Waals surface area contributed by atoms with E-state index in [-0.39, 0.29) is 23.8 Å². The Bertz CT molecular complexity index is 1060. The zero-order valence-corrected chi connectivity index (χ0v) is 19.6. The molecular formula is C24H28N4O4S. The van der Waals surface area contributed by atoms with E-state index < -0.39 is 0 Å². The van der Waals surface area contributed by atoms with Crippen LogP contribution >= 0.6 is 11.3 Å². The van der Waals surface area contributed by atoms with E-state index in [0.717, 1.165) is 22.5 Å². The summed E-state index contributed by atoms with van der Waals surface area (Å²) >= 11 is 1.58. The van der Waals surface area contributed by atoms with E-state index in [0.29, 0.717) is 32.8 Å². The monoisotopic (exact) mass is 468 g/mol. The molecule has 0 bridgehead atoms. The molecule has 174 valence electrons. The average molecular weight is 469 g/mol. The van der Waals surface area contributed by atoms with Crippen molar-refractivity contribution in [1.82, 2.24) is 14.8 Å². The maximum absolute atomic E-state index is 12.8. The Kier molecular flexibility index (Phi) is 7.41. The number of pyridine rings is 1. The molecule has 1 saturated heterocycles. The van der Waals surface area contributed by atoms with Crippen molar-refractivity contribution < 1.29 is 18.7 Å². The highest BCUT2D eigenvalue weighted by molar-refractivity contribution is 7.16. The second-order valence-electron chi connectivity index (χ2n) is 7.69. The fourth-order valence-corrected chi connectivity index (χ4v) is 5.03. The molecule has 0 aliphatic carbocycles. The van der Waals surface area contributed by atoms with Crippen LogP contribution in [-0.4, -0.2) is 59.6 Å². The first-order chi connectivity index (χ1) is 16.1. The molecule has 33 heavy (non-hydrogen) atoms. The number of thiophene rings is 1. The van der Waals surface area contributed by atoms with Crippen LogP contribution in [0.1, 0.15) is 46.4 Å². The number of hydrogen-bond donors (Lipinski definition) is 1. The Morgan fingerprint density at radius 2 is 2.03 bits per heavy atom. The van der Waals surface area contributed by atoms with Crippen molar-refractivity contribution in [2.45, 2.75) is 26.3 Å². The van der Waals surface area contributed by atoms with Crippen molar-refractivity contribution in [2.24, 2.45) is 0 Å². The number of amides is 2. The number of rotatable bonds is 7. The standard InChI is InChI=1S/C24H28N4O4S/c1-3-18-15-19(23(33-18)26-22(29)20-8-6-14-32-20)21(17-7-5-9-25-16-17)27-10-12-28(13-11-27)24(30)31-4-2/h5-9,14-16,21H,3-4,10-13H2,1-2H3,(H,26,29)/t21-/m1/s1. The second kappa shape index (κ2) is 10.6. The van der Waals surface area contributed by atoms with Crippen molar-refractivity contribution in [2.75, 3.05) is 38.1 Å². The van der Waals surface area contributed by atoms with Gasteiger partial charge >= 0.3 is 6.09 Å². The molecule has 1 aliphatic heterocycles. The Morgan fingerprint density at radius 3 is 2.67 bits per heavy atom. The first kappa shape index (κ1) is 23.0. The molecular weight excluding hydrogens is 440 g/mol. The van der Waals surface area contributed by atoms with E-state index in [1.54, 1.807) is 34.6 Å². The zero-order valence-electron chi connectivity index (χ0n) is 18.8. The van der Waals surface area contributed by atoms with Gasteiger partial charge in [0, 0.05) is 49.0 Å². The minimum Gasteiger partial charge on any atom is -0.459 e. The summed E-state index contributed by atoms with van der Waals surface area (Å²) in [5, 5.41) is 3.86. The fraction of sp³-hybridized carbons (Fsp3) is 0.375. The predicted molar refractivity (Wildman–Crippen MR) is 127 cm³/mol. The van der Waals surface area contributed by atoms with Gasteiger partial charge in [-0.05, 0) is 43.2 Å². The van der Waals surface area contributed by atoms with Crippen LogP contribution in [0.3, 0.4) is 0 Å². The van der Waals surface area contributed by atoms with Crippen LogP contribution < -0.4 is 5.32 Å². The van der Waals surface area contributed by atoms with Crippen LogP contribution in [0.15, 0.2) is 53.4 Å². The molecule has 1 atom stereocenters. The summed E-state index contributed by atoms with van der Waals surface area (Å²) in [6.45, 7) is 6.80. The molecule has 9 heteroatoms. The lowest BCUT2D eigenvalue weighted by atomic mass is 9.98. The van der Waals surface area contributed by atoms with Crippen molar-refractivity contribution in [1.29, 1.82) is 0 Å². The molecule has 1 fully saturated rings. The molecule has 0 radical (unpaired) electrons. The lowest BCUT2D eigenvalue weighted by Crippen LogP contribution is -2.50. The first-order valence-electron chi connectivity index (χ1n) is 11.1. The number of ether oxygens (including phenoxy) is 1. The number of aryl methyl sites for hydroxylation is 1. The Balaban J connectivity index is 1.64. The number of carbonyl (C=O) groups excluding carboxylic acids is 2. The maximum Gasteiger partial charge on any atom is 0.409 e. The van der Waals surface area contributed by atoms with Crippen LogP contribution in [0.4, 0.5) is 9.80 Å². The Morgan fingerprint density at radius 1 is 1.21 bits per heavy atom. The highest BCUT2D eigenvalue weighted by Crippen LogP contribution is 2.39. The SMILES string of the molecule is CCOC(=O)N1CCN([C@H](c2cccnc2)c2cc(CC)sc2NC(=O)c2ccco2)CC1. The summed E-state index contributed by atoms with van der Waals surface area (Å²) in [7, 11) is 0. The molecule has 8 nitrogen and oxygen atoms in total. The third kappa shape index (κ3) is 5.26. The van der Waals surface area contributed by atoms with Gasteiger partial charge in [-0.3, -0.25) is 14.7 Å². The van der Waals surface area contributed by atoms with Crippen LogP contribution in [0.25, 0.3) is 0 Å². The van der Waals surface area contributed by atoms with Gasteiger partial charge in [-0.1, -0.05) is 13.0 Å². The van der Waals surface area contributed by atoms with E-state index in [1.165, 1.54) is 11.1 Å². The summed E-state index contributed by atoms with van der Waals surface area (Å²) in [5.74, 6) is -0.00352. The molecule has 0 spiro atoms. The highest BCUT2D eigenvalue weighted by atomic mass is 32.1. The van der Waals surface area contributed by atoms with Gasteiger partial charge in [0.2, 0.25) is 0 Å². The molecule has 1 aliphatic rings. The molecule has 0 unspecified atom stereocenters. The summed E-state index contributed by atoms with van der Waals surface area (Å²) in [6.07, 6.45) is 5.70. The molecule has 2 amide bonds. The van der Waals surface area contributed by atoms with Gasteiger partial charge in [-0.2, -0.15) is 0 Å². The van der Waals surface area contributed by atoms with Gasteiger partial charge in [0.05, 0.1) is 18.9 Å². The van der Waals surface area contributed by atoms with Gasteiger partial charge in [-0.25, -0.2) is 4.79 Å². The molecule has 3 aromatic heterocycles. The topological polar surface area (TPSA) is 87.9 Å². The number of anilines is 1. The van der Waals surface area contributed by atoms with Crippen molar-refractivity contribution in [3.05, 3.63) is 70.8 Å². The second-order valence-corrected chi connectivity index (χ2v) is 8.83. The van der Waals surface area contributed by atoms with Gasteiger partial charge in [0.1, 0.15) is 5.00 Å². The summed E-state index contributed by atoms with van der Waals surface area (Å²) in [6, 6.07) is 9.38. The molecule has 0 aromatic carbocycles. The molecule has 4 heterocycles. The Labute approximate surface area is 197 Å². The van der Waals surface area contributed by atoms with Crippen molar-refractivity contribution >= 4 is 28.3 Å². The lowest BCUT2D eigenvalue weighted by Gasteiger charge is -2.39. The maximum atomic E-state index is 12.8. The van der Waals surface area contributed by atoms with Crippen molar-refractivity contribution in [3.8, 4) is 0 Å². The smallest absolute Gasteiger partial charge is 0.409 e. The minimum absolute atomic E-state index is 0.105. The number of nitrogens with zero attached hydrogens (tertiary/aromatic N) is 3. The highest BCUT2D eigenvalue weighted by Gasteiger charge is 2.31. The van der Waals surface area contributed by atoms with Gasteiger partial charge in [0.25, 0.3) is 5.91 Å². The van der Waals surface area contributed by atoms with E-state index in [1.807, 2.05) is 19.2 Å². The number of aromatic nitrogens is 1. The van der Waals surface area contributed by atoms with Crippen LogP contribution in [0.2, 0.25) is 0 Å². The normalized spacial score (nSPS) is 15.3. The Hall–Kier alpha value is -3.17. The number of piperazine rings is 1. The summed E-state index contributed by atoms with van der Waals surface area (Å²) in [5.41, 5.74) is 2.06. The zero-order chi connectivity index (χ0) is 23.2. The average Bonchev–Trinajstić information content (AvgIpc) is 3.51. The number of hydrogen-bond acceptors (Lipinski definition) is 7. The van der Waals surface area contributed by atoms with E-state index >= 15 is 0 Å². The van der Waals surface area contributed by atoms with Crippen LogP contribution in [-0.2, 0) is 11.2 Å². The molecule has 3 aromatic rings. The fourth-order valence-electron chi connectivity index (χ4n) is 4.01. The number of nitrogens with one attached hydrogen (secondary N) is 1. The van der Waals surface area contributed by atoms with Crippen LogP contribution in [0, 0.1) is 0 Å². The van der Waals surface area contributed by atoms with E-state index in [9.17, 15) is 9.59 Å². The quantitative estimate of drug-likeness (QED) is 0.553. The van der Waals surface area contributed by atoms with Gasteiger partial charge in [0.15, 0.2) is 5.76 Å². The van der Waals surface area contributed by atoms with Gasteiger partial charge < -0.3 is 19.4 Å². The van der Waals surface area contributed by atoms with Crippen molar-refractivity contribution in [3.63, 3.8) is 0 Å². The summed E-state index contributed by atoms with van der Waals surface area (Å²) in [4.78, 5) is 34.5. The molecule has 4 rings (SSSR count). The largest absolute Gasteiger partial charge is 0.459 e. The lowest BCUT2D eigenvalue weighted by molar-refractivity contribution is 0.0715. The third-order valence-electron chi connectivity index (χ3n) is 5.63. The first-order valence-corrected chi connectivity index (χ1v) is 12.0. The van der Waals surface area contributed by atoms with E-state index in [4.69, 9.17) is 9.15 Å². The van der Waals surface area contributed by atoms with Gasteiger partial charge in [-0.15, -0.1) is 11.3 Å². The minimum atomic E-state index is -0.275. The number of furan rings is 1. The molecule has 1 N–H and O–H groups in total. The van der Waals surface area contributed by atoms with Crippen LogP contribution in [0.5, 0.6) is 0 Å². The third-order valence-corrected chi connectivity index (χ3v) is 6.84.